The molecular weight excluding hydrogens is 356 g/mol. The number of rotatable bonds is 5. The van der Waals surface area contributed by atoms with E-state index in [4.69, 9.17) is 13.6 Å². The molecule has 3 aromatic rings. The minimum absolute atomic E-state index is 0.212. The van der Waals surface area contributed by atoms with Crippen molar-refractivity contribution in [1.82, 2.24) is 9.88 Å². The van der Waals surface area contributed by atoms with Gasteiger partial charge in [-0.05, 0) is 32.0 Å². The van der Waals surface area contributed by atoms with E-state index < -0.39 is 5.97 Å². The molecule has 0 aliphatic carbocycles. The molecule has 7 nitrogen and oxygen atoms in total. The molecule has 1 amide bonds. The zero-order chi connectivity index (χ0) is 18.8. The average Bonchev–Trinajstić information content (AvgIpc) is 3.33. The van der Waals surface area contributed by atoms with E-state index in [1.165, 1.54) is 23.3 Å². The van der Waals surface area contributed by atoms with Crippen LogP contribution in [0.5, 0.6) is 0 Å². The highest BCUT2D eigenvalue weighted by molar-refractivity contribution is 7.15. The van der Waals surface area contributed by atoms with E-state index in [-0.39, 0.29) is 12.5 Å². The molecule has 0 atom stereocenters. The monoisotopic (exact) mass is 374 g/mol. The van der Waals surface area contributed by atoms with Gasteiger partial charge in [0.05, 0.1) is 19.9 Å². The first-order valence-corrected chi connectivity index (χ1v) is 8.66. The number of furan rings is 2. The highest BCUT2D eigenvalue weighted by Crippen LogP contribution is 2.28. The maximum absolute atomic E-state index is 12.7. The molecule has 0 unspecified atom stereocenters. The molecule has 8 heteroatoms. The van der Waals surface area contributed by atoms with Crippen molar-refractivity contribution < 1.29 is 23.2 Å². The average molecular weight is 374 g/mol. The summed E-state index contributed by atoms with van der Waals surface area (Å²) in [7, 11) is 2.97. The van der Waals surface area contributed by atoms with Gasteiger partial charge < -0.3 is 18.5 Å². The van der Waals surface area contributed by atoms with Gasteiger partial charge in [-0.2, -0.15) is 0 Å². The SMILES string of the molecule is COC(=O)c1cc(CN(C)C(=O)c2nc(-c3ccco3)sc2C)oc1C. The molecule has 3 heterocycles. The van der Waals surface area contributed by atoms with Gasteiger partial charge in [0.15, 0.2) is 10.8 Å². The standard InChI is InChI=1S/C18H18N2O5S/c1-10-13(18(22)23-4)8-12(25-10)9-20(3)17(21)15-11(2)26-16(19-15)14-6-5-7-24-14/h5-8H,9H2,1-4H3. The van der Waals surface area contributed by atoms with Crippen LogP contribution in [0.3, 0.4) is 0 Å². The molecule has 0 spiro atoms. The normalized spacial score (nSPS) is 10.8. The second-order valence-electron chi connectivity index (χ2n) is 5.74. The number of aryl methyl sites for hydroxylation is 2. The molecule has 0 aliphatic rings. The Hall–Kier alpha value is -2.87. The van der Waals surface area contributed by atoms with Gasteiger partial charge in [0.25, 0.3) is 5.91 Å². The van der Waals surface area contributed by atoms with Crippen molar-refractivity contribution in [2.24, 2.45) is 0 Å². The van der Waals surface area contributed by atoms with Crippen molar-refractivity contribution in [1.29, 1.82) is 0 Å². The lowest BCUT2D eigenvalue weighted by atomic mass is 10.2. The fourth-order valence-corrected chi connectivity index (χ4v) is 3.39. The van der Waals surface area contributed by atoms with E-state index in [1.807, 2.05) is 6.92 Å². The molecule has 3 rings (SSSR count). The summed E-state index contributed by atoms with van der Waals surface area (Å²) in [6, 6.07) is 5.17. The molecule has 0 fully saturated rings. The number of amides is 1. The van der Waals surface area contributed by atoms with E-state index in [9.17, 15) is 9.59 Å². The summed E-state index contributed by atoms with van der Waals surface area (Å²) in [5, 5.41) is 0.658. The van der Waals surface area contributed by atoms with Crippen molar-refractivity contribution in [2.45, 2.75) is 20.4 Å². The molecule has 3 aromatic heterocycles. The van der Waals surface area contributed by atoms with E-state index in [2.05, 4.69) is 4.98 Å². The van der Waals surface area contributed by atoms with Gasteiger partial charge in [-0.3, -0.25) is 4.79 Å². The lowest BCUT2D eigenvalue weighted by molar-refractivity contribution is 0.0598. The maximum Gasteiger partial charge on any atom is 0.341 e. The number of nitrogens with zero attached hydrogens (tertiary/aromatic N) is 2. The Kier molecular flexibility index (Phi) is 4.94. The van der Waals surface area contributed by atoms with Crippen molar-refractivity contribution in [3.63, 3.8) is 0 Å². The van der Waals surface area contributed by atoms with Crippen molar-refractivity contribution in [3.8, 4) is 10.8 Å². The largest absolute Gasteiger partial charge is 0.465 e. The Labute approximate surface area is 154 Å². The Balaban J connectivity index is 1.77. The van der Waals surface area contributed by atoms with Crippen LogP contribution >= 0.6 is 11.3 Å². The second-order valence-corrected chi connectivity index (χ2v) is 6.94. The van der Waals surface area contributed by atoms with Gasteiger partial charge in [-0.1, -0.05) is 0 Å². The van der Waals surface area contributed by atoms with Crippen LogP contribution in [-0.4, -0.2) is 35.9 Å². The fourth-order valence-electron chi connectivity index (χ4n) is 2.52. The molecule has 136 valence electrons. The Morgan fingerprint density at radius 2 is 2.12 bits per heavy atom. The number of carbonyl (C=O) groups is 2. The van der Waals surface area contributed by atoms with Crippen molar-refractivity contribution in [3.05, 3.63) is 52.1 Å². The highest BCUT2D eigenvalue weighted by Gasteiger charge is 2.23. The summed E-state index contributed by atoms with van der Waals surface area (Å²) >= 11 is 1.40. The Morgan fingerprint density at radius 3 is 2.77 bits per heavy atom. The molecule has 0 aliphatic heterocycles. The summed E-state index contributed by atoms with van der Waals surface area (Å²) in [6.45, 7) is 3.74. The van der Waals surface area contributed by atoms with Crippen molar-refractivity contribution >= 4 is 23.2 Å². The van der Waals surface area contributed by atoms with Crippen LogP contribution in [0.15, 0.2) is 33.3 Å². The quantitative estimate of drug-likeness (QED) is 0.634. The zero-order valence-corrected chi connectivity index (χ0v) is 15.7. The molecule has 0 aromatic carbocycles. The number of hydrogen-bond donors (Lipinski definition) is 0. The van der Waals surface area contributed by atoms with Gasteiger partial charge >= 0.3 is 5.97 Å². The molecule has 0 saturated heterocycles. The van der Waals surface area contributed by atoms with Crippen LogP contribution in [0.25, 0.3) is 10.8 Å². The topological polar surface area (TPSA) is 85.8 Å². The third kappa shape index (κ3) is 3.41. The van der Waals surface area contributed by atoms with E-state index in [0.717, 1.165) is 4.88 Å². The number of carbonyl (C=O) groups excluding carboxylic acids is 2. The molecular formula is C18H18N2O5S. The smallest absolute Gasteiger partial charge is 0.341 e. The number of aromatic nitrogens is 1. The number of thiazole rings is 1. The lowest BCUT2D eigenvalue weighted by Gasteiger charge is -2.14. The van der Waals surface area contributed by atoms with Crippen LogP contribution in [-0.2, 0) is 11.3 Å². The number of ether oxygens (including phenoxy) is 1. The predicted octanol–water partition coefficient (Wildman–Crippen LogP) is 3.67. The number of methoxy groups -OCH3 is 1. The minimum Gasteiger partial charge on any atom is -0.465 e. The van der Waals surface area contributed by atoms with E-state index in [1.54, 1.807) is 38.4 Å². The predicted molar refractivity (Wildman–Crippen MR) is 95.1 cm³/mol. The highest BCUT2D eigenvalue weighted by atomic mass is 32.1. The second kappa shape index (κ2) is 7.17. The molecule has 26 heavy (non-hydrogen) atoms. The summed E-state index contributed by atoms with van der Waals surface area (Å²) in [6.07, 6.45) is 1.57. The zero-order valence-electron chi connectivity index (χ0n) is 14.9. The molecule has 0 bridgehead atoms. The van der Waals surface area contributed by atoms with Crippen LogP contribution in [0.1, 0.15) is 37.2 Å². The Bertz CT molecular complexity index is 939. The fraction of sp³-hybridized carbons (Fsp3) is 0.278. The first-order chi connectivity index (χ1) is 12.4. The van der Waals surface area contributed by atoms with Crippen LogP contribution in [0.4, 0.5) is 0 Å². The summed E-state index contributed by atoms with van der Waals surface area (Å²) in [5.74, 6) is 0.884. The third-order valence-corrected chi connectivity index (χ3v) is 4.83. The lowest BCUT2D eigenvalue weighted by Crippen LogP contribution is -2.26. The van der Waals surface area contributed by atoms with Gasteiger partial charge in [0.2, 0.25) is 0 Å². The van der Waals surface area contributed by atoms with E-state index in [0.29, 0.717) is 33.5 Å². The number of hydrogen-bond acceptors (Lipinski definition) is 7. The van der Waals surface area contributed by atoms with Crippen LogP contribution < -0.4 is 0 Å². The van der Waals surface area contributed by atoms with Gasteiger partial charge in [-0.15, -0.1) is 11.3 Å². The van der Waals surface area contributed by atoms with Gasteiger partial charge in [0.1, 0.15) is 22.8 Å². The first kappa shape index (κ1) is 17.9. The molecule has 0 saturated carbocycles. The summed E-state index contributed by atoms with van der Waals surface area (Å²) in [4.78, 5) is 31.1. The van der Waals surface area contributed by atoms with Gasteiger partial charge in [-0.25, -0.2) is 9.78 Å². The maximum atomic E-state index is 12.7. The van der Waals surface area contributed by atoms with Crippen LogP contribution in [0.2, 0.25) is 0 Å². The molecule has 0 radical (unpaired) electrons. The van der Waals surface area contributed by atoms with Crippen molar-refractivity contribution in [2.75, 3.05) is 14.2 Å². The van der Waals surface area contributed by atoms with Gasteiger partial charge in [0, 0.05) is 11.9 Å². The minimum atomic E-state index is -0.468. The van der Waals surface area contributed by atoms with Crippen LogP contribution in [0, 0.1) is 13.8 Å². The number of esters is 1. The van der Waals surface area contributed by atoms with E-state index >= 15 is 0 Å². The summed E-state index contributed by atoms with van der Waals surface area (Å²) < 4.78 is 15.6. The molecule has 0 N–H and O–H groups in total. The Morgan fingerprint density at radius 1 is 1.35 bits per heavy atom. The first-order valence-electron chi connectivity index (χ1n) is 7.85. The summed E-state index contributed by atoms with van der Waals surface area (Å²) in [5.41, 5.74) is 0.730. The third-order valence-electron chi connectivity index (χ3n) is 3.84.